The Morgan fingerprint density at radius 1 is 1.31 bits per heavy atom. The van der Waals surface area contributed by atoms with Crippen molar-refractivity contribution in [2.45, 2.75) is 52.5 Å². The molecule has 1 aliphatic rings. The molecule has 1 aliphatic carbocycles. The SMILES string of the molecule is Cc1cc(-c2cc(N)c(=O)n(CC(=O)NCC3CCCCC3)n2)c(C)o1. The van der Waals surface area contributed by atoms with E-state index in [1.54, 1.807) is 0 Å². The van der Waals surface area contributed by atoms with E-state index >= 15 is 0 Å². The zero-order valence-electron chi connectivity index (χ0n) is 15.4. The predicted molar refractivity (Wildman–Crippen MR) is 99.7 cm³/mol. The summed E-state index contributed by atoms with van der Waals surface area (Å²) in [4.78, 5) is 24.5. The molecule has 7 heteroatoms. The minimum atomic E-state index is -0.459. The number of hydrogen-bond acceptors (Lipinski definition) is 5. The summed E-state index contributed by atoms with van der Waals surface area (Å²) in [5.74, 6) is 1.76. The number of nitrogens with one attached hydrogen (secondary N) is 1. The molecule has 140 valence electrons. The number of nitrogens with two attached hydrogens (primary N) is 1. The third kappa shape index (κ3) is 4.15. The summed E-state index contributed by atoms with van der Waals surface area (Å²) in [5.41, 5.74) is 6.74. The van der Waals surface area contributed by atoms with Crippen LogP contribution in [0.2, 0.25) is 0 Å². The van der Waals surface area contributed by atoms with Gasteiger partial charge in [0.05, 0.1) is 5.69 Å². The first-order valence-electron chi connectivity index (χ1n) is 9.16. The van der Waals surface area contributed by atoms with Gasteiger partial charge in [0.2, 0.25) is 5.91 Å². The van der Waals surface area contributed by atoms with Gasteiger partial charge in [0.25, 0.3) is 5.56 Å². The Labute approximate surface area is 152 Å². The fourth-order valence-electron chi connectivity index (χ4n) is 3.53. The highest BCUT2D eigenvalue weighted by atomic mass is 16.3. The maximum atomic E-state index is 12.3. The maximum absolute atomic E-state index is 12.3. The van der Waals surface area contributed by atoms with Crippen molar-refractivity contribution in [1.29, 1.82) is 0 Å². The van der Waals surface area contributed by atoms with Crippen molar-refractivity contribution < 1.29 is 9.21 Å². The summed E-state index contributed by atoms with van der Waals surface area (Å²) in [5, 5.41) is 7.24. The fraction of sp³-hybridized carbons (Fsp3) is 0.526. The van der Waals surface area contributed by atoms with E-state index in [2.05, 4.69) is 10.4 Å². The van der Waals surface area contributed by atoms with Crippen molar-refractivity contribution in [3.63, 3.8) is 0 Å². The number of rotatable bonds is 5. The molecule has 2 aromatic heterocycles. The van der Waals surface area contributed by atoms with Gasteiger partial charge < -0.3 is 15.5 Å². The summed E-state index contributed by atoms with van der Waals surface area (Å²) < 4.78 is 6.65. The number of anilines is 1. The van der Waals surface area contributed by atoms with Crippen molar-refractivity contribution in [3.05, 3.63) is 34.0 Å². The molecule has 0 unspecified atom stereocenters. The zero-order valence-corrected chi connectivity index (χ0v) is 15.4. The quantitative estimate of drug-likeness (QED) is 0.854. The van der Waals surface area contributed by atoms with Gasteiger partial charge in [-0.15, -0.1) is 0 Å². The van der Waals surface area contributed by atoms with Crippen LogP contribution in [0.1, 0.15) is 43.6 Å². The van der Waals surface area contributed by atoms with Gasteiger partial charge in [-0.05, 0) is 44.7 Å². The van der Waals surface area contributed by atoms with Crippen LogP contribution in [0.25, 0.3) is 11.3 Å². The molecule has 0 spiro atoms. The lowest BCUT2D eigenvalue weighted by molar-refractivity contribution is -0.122. The average molecular weight is 358 g/mol. The molecule has 0 saturated heterocycles. The van der Waals surface area contributed by atoms with Crippen molar-refractivity contribution in [2.75, 3.05) is 12.3 Å². The fourth-order valence-corrected chi connectivity index (χ4v) is 3.53. The van der Waals surface area contributed by atoms with Crippen LogP contribution in [-0.4, -0.2) is 22.2 Å². The number of furan rings is 1. The Morgan fingerprint density at radius 3 is 2.69 bits per heavy atom. The molecule has 2 heterocycles. The van der Waals surface area contributed by atoms with Crippen molar-refractivity contribution >= 4 is 11.6 Å². The molecular weight excluding hydrogens is 332 g/mol. The normalized spacial score (nSPS) is 15.2. The van der Waals surface area contributed by atoms with Crippen LogP contribution in [0.3, 0.4) is 0 Å². The molecule has 26 heavy (non-hydrogen) atoms. The third-order valence-electron chi connectivity index (χ3n) is 4.93. The lowest BCUT2D eigenvalue weighted by Crippen LogP contribution is -2.37. The molecular formula is C19H26N4O3. The molecule has 0 radical (unpaired) electrons. The third-order valence-corrected chi connectivity index (χ3v) is 4.93. The monoisotopic (exact) mass is 358 g/mol. The van der Waals surface area contributed by atoms with Crippen molar-refractivity contribution in [1.82, 2.24) is 15.1 Å². The van der Waals surface area contributed by atoms with E-state index in [0.29, 0.717) is 23.9 Å². The number of carbonyl (C=O) groups is 1. The van der Waals surface area contributed by atoms with Gasteiger partial charge in [-0.25, -0.2) is 4.68 Å². The van der Waals surface area contributed by atoms with Gasteiger partial charge in [0.15, 0.2) is 0 Å². The Balaban J connectivity index is 1.73. The maximum Gasteiger partial charge on any atom is 0.290 e. The first-order chi connectivity index (χ1) is 12.4. The number of carbonyl (C=O) groups excluding carboxylic acids is 1. The van der Waals surface area contributed by atoms with Crippen LogP contribution in [0.5, 0.6) is 0 Å². The Morgan fingerprint density at radius 2 is 2.04 bits per heavy atom. The Kier molecular flexibility index (Phi) is 5.44. The molecule has 1 amide bonds. The summed E-state index contributed by atoms with van der Waals surface area (Å²) in [6.07, 6.45) is 6.04. The summed E-state index contributed by atoms with van der Waals surface area (Å²) in [7, 11) is 0. The van der Waals surface area contributed by atoms with Gasteiger partial charge in [-0.3, -0.25) is 9.59 Å². The van der Waals surface area contributed by atoms with Crippen LogP contribution in [0.4, 0.5) is 5.69 Å². The Bertz CT molecular complexity index is 847. The standard InChI is InChI=1S/C19H26N4O3/c1-12-8-15(13(2)26-12)17-9-16(20)19(25)23(22-17)11-18(24)21-10-14-6-4-3-5-7-14/h8-9,14H,3-7,10-11,20H2,1-2H3,(H,21,24). The van der Waals surface area contributed by atoms with Crippen LogP contribution in [0, 0.1) is 19.8 Å². The minimum absolute atomic E-state index is 0.0633. The second-order valence-electron chi connectivity index (χ2n) is 7.08. The van der Waals surface area contributed by atoms with Gasteiger partial charge in [-0.2, -0.15) is 5.10 Å². The Hall–Kier alpha value is -2.57. The molecule has 3 rings (SSSR count). The van der Waals surface area contributed by atoms with Crippen molar-refractivity contribution in [3.8, 4) is 11.3 Å². The number of aryl methyl sites for hydroxylation is 2. The summed E-state index contributed by atoms with van der Waals surface area (Å²) in [6, 6.07) is 3.37. The van der Waals surface area contributed by atoms with E-state index in [9.17, 15) is 9.59 Å². The molecule has 1 fully saturated rings. The first-order valence-corrected chi connectivity index (χ1v) is 9.16. The minimum Gasteiger partial charge on any atom is -0.466 e. The van der Waals surface area contributed by atoms with Crippen LogP contribution >= 0.6 is 0 Å². The number of aromatic nitrogens is 2. The van der Waals surface area contributed by atoms with Gasteiger partial charge >= 0.3 is 0 Å². The lowest BCUT2D eigenvalue weighted by Gasteiger charge is -2.21. The molecule has 0 aromatic carbocycles. The molecule has 0 atom stereocenters. The van der Waals surface area contributed by atoms with E-state index in [-0.39, 0.29) is 18.1 Å². The molecule has 2 aromatic rings. The smallest absolute Gasteiger partial charge is 0.290 e. The van der Waals surface area contributed by atoms with E-state index in [1.807, 2.05) is 19.9 Å². The average Bonchev–Trinajstić information content (AvgIpc) is 2.96. The number of hydrogen-bond donors (Lipinski definition) is 2. The van der Waals surface area contributed by atoms with E-state index < -0.39 is 5.56 Å². The highest BCUT2D eigenvalue weighted by molar-refractivity contribution is 5.75. The number of amides is 1. The molecule has 0 bridgehead atoms. The summed E-state index contributed by atoms with van der Waals surface area (Å²) in [6.45, 7) is 4.18. The second kappa shape index (κ2) is 7.76. The van der Waals surface area contributed by atoms with Crippen LogP contribution in [0.15, 0.2) is 21.3 Å². The van der Waals surface area contributed by atoms with Gasteiger partial charge in [-0.1, -0.05) is 19.3 Å². The predicted octanol–water partition coefficient (Wildman–Crippen LogP) is 2.40. The summed E-state index contributed by atoms with van der Waals surface area (Å²) >= 11 is 0. The van der Waals surface area contributed by atoms with E-state index in [4.69, 9.17) is 10.2 Å². The molecule has 0 aliphatic heterocycles. The van der Waals surface area contributed by atoms with E-state index in [0.717, 1.165) is 28.8 Å². The van der Waals surface area contributed by atoms with Gasteiger partial charge in [0.1, 0.15) is 23.8 Å². The van der Waals surface area contributed by atoms with Crippen molar-refractivity contribution in [2.24, 2.45) is 5.92 Å². The lowest BCUT2D eigenvalue weighted by atomic mass is 9.89. The first kappa shape index (κ1) is 18.2. The second-order valence-corrected chi connectivity index (χ2v) is 7.08. The largest absolute Gasteiger partial charge is 0.466 e. The van der Waals surface area contributed by atoms with E-state index in [1.165, 1.54) is 25.3 Å². The number of nitrogen functional groups attached to an aromatic ring is 1. The number of nitrogens with zero attached hydrogens (tertiary/aromatic N) is 2. The topological polar surface area (TPSA) is 103 Å². The van der Waals surface area contributed by atoms with Gasteiger partial charge in [0, 0.05) is 12.1 Å². The molecule has 3 N–H and O–H groups in total. The zero-order chi connectivity index (χ0) is 18.7. The van der Waals surface area contributed by atoms with Crippen LogP contribution in [-0.2, 0) is 11.3 Å². The molecule has 7 nitrogen and oxygen atoms in total. The highest BCUT2D eigenvalue weighted by Gasteiger charge is 2.17. The highest BCUT2D eigenvalue weighted by Crippen LogP contribution is 2.25. The molecule has 1 saturated carbocycles. The van der Waals surface area contributed by atoms with Crippen LogP contribution < -0.4 is 16.6 Å².